The fraction of sp³-hybridized carbons (Fsp3) is 0.800. The quantitative estimate of drug-likeness (QED) is 0.390. The highest BCUT2D eigenvalue weighted by Crippen LogP contribution is 2.29. The number of nitrogens with one attached hydrogen (secondary N) is 2. The molecule has 0 aliphatic carbocycles. The average Bonchev–Trinajstić information content (AvgIpc) is 3.13. The Morgan fingerprint density at radius 2 is 1.76 bits per heavy atom. The van der Waals surface area contributed by atoms with Crippen LogP contribution in [0, 0.1) is 23.2 Å². The van der Waals surface area contributed by atoms with Crippen LogP contribution in [0.2, 0.25) is 0 Å². The highest BCUT2D eigenvalue weighted by Gasteiger charge is 2.43. The fourth-order valence-corrected chi connectivity index (χ4v) is 3.71. The normalized spacial score (nSPS) is 20.9. The molecular weight excluding hydrogens is 442 g/mol. The van der Waals surface area contributed by atoms with Gasteiger partial charge in [0.15, 0.2) is 0 Å². The average molecular weight is 487 g/mol. The third-order valence-electron chi connectivity index (χ3n) is 5.95. The number of rotatable bonds is 11. The van der Waals surface area contributed by atoms with Crippen molar-refractivity contribution < 1.29 is 23.2 Å². The fourth-order valence-electron chi connectivity index (χ4n) is 3.71. The van der Waals surface area contributed by atoms with E-state index in [0.717, 1.165) is 0 Å². The molecule has 0 aromatic carbocycles. The van der Waals surface area contributed by atoms with Gasteiger partial charge in [-0.3, -0.25) is 14.4 Å². The number of amides is 3. The van der Waals surface area contributed by atoms with E-state index in [4.69, 9.17) is 5.73 Å². The maximum atomic E-state index is 13.2. The molecule has 0 aromatic rings. The third-order valence-corrected chi connectivity index (χ3v) is 5.95. The van der Waals surface area contributed by atoms with Crippen molar-refractivity contribution in [1.29, 1.82) is 0 Å². The zero-order valence-electron chi connectivity index (χ0n) is 21.7. The Morgan fingerprint density at radius 1 is 1.15 bits per heavy atom. The molecule has 0 saturated carbocycles. The molecule has 0 bridgehead atoms. The lowest BCUT2D eigenvalue weighted by atomic mass is 9.86. The number of hydrogen-bond acceptors (Lipinski definition) is 4. The summed E-state index contributed by atoms with van der Waals surface area (Å²) < 4.78 is 26.4. The van der Waals surface area contributed by atoms with E-state index in [-0.39, 0.29) is 11.8 Å². The number of hydrogen-bond donors (Lipinski definition) is 3. The first-order valence-corrected chi connectivity index (χ1v) is 12.2. The molecule has 1 aliphatic rings. The molecule has 196 valence electrons. The predicted molar refractivity (Wildman–Crippen MR) is 130 cm³/mol. The zero-order chi connectivity index (χ0) is 26.2. The van der Waals surface area contributed by atoms with Crippen molar-refractivity contribution in [2.24, 2.45) is 28.9 Å². The molecule has 1 unspecified atom stereocenters. The summed E-state index contributed by atoms with van der Waals surface area (Å²) in [6.45, 7) is 14.2. The first-order chi connectivity index (χ1) is 15.6. The van der Waals surface area contributed by atoms with Crippen LogP contribution in [0.25, 0.3) is 0 Å². The van der Waals surface area contributed by atoms with Crippen molar-refractivity contribution in [2.75, 3.05) is 13.1 Å². The van der Waals surface area contributed by atoms with Crippen LogP contribution in [0.3, 0.4) is 0 Å². The Balaban J connectivity index is 3.07. The van der Waals surface area contributed by atoms with Gasteiger partial charge in [0.1, 0.15) is 12.1 Å². The lowest BCUT2D eigenvalue weighted by Crippen LogP contribution is -2.57. The maximum Gasteiger partial charge on any atom is 0.243 e. The summed E-state index contributed by atoms with van der Waals surface area (Å²) in [5.74, 6) is -1.04. The summed E-state index contributed by atoms with van der Waals surface area (Å²) in [4.78, 5) is 40.4. The van der Waals surface area contributed by atoms with E-state index in [0.29, 0.717) is 37.8 Å². The van der Waals surface area contributed by atoms with Crippen LogP contribution in [0.4, 0.5) is 8.78 Å². The molecule has 0 radical (unpaired) electrons. The smallest absolute Gasteiger partial charge is 0.243 e. The monoisotopic (exact) mass is 486 g/mol. The topological polar surface area (TPSA) is 105 Å². The predicted octanol–water partition coefficient (Wildman–Crippen LogP) is 3.09. The van der Waals surface area contributed by atoms with Gasteiger partial charge in [-0.05, 0) is 36.0 Å². The van der Waals surface area contributed by atoms with Gasteiger partial charge in [-0.15, -0.1) is 0 Å². The van der Waals surface area contributed by atoms with Crippen LogP contribution in [-0.4, -0.2) is 60.3 Å². The number of likely N-dealkylation sites (tertiary alicyclic amines) is 1. The van der Waals surface area contributed by atoms with Crippen LogP contribution in [0.5, 0.6) is 0 Å². The van der Waals surface area contributed by atoms with Crippen molar-refractivity contribution in [3.63, 3.8) is 0 Å². The second kappa shape index (κ2) is 13.2. The van der Waals surface area contributed by atoms with Crippen LogP contribution < -0.4 is 16.4 Å². The molecule has 1 aliphatic heterocycles. The lowest BCUT2D eigenvalue weighted by molar-refractivity contribution is -0.142. The molecule has 3 amide bonds. The second-order valence-corrected chi connectivity index (χ2v) is 11.1. The van der Waals surface area contributed by atoms with E-state index in [9.17, 15) is 23.2 Å². The SMILES string of the molecule is CC(C)/C=C/C1C[C@@H](C(=O)N[C@@H](CC(F)F)C(=O)NCCC(C)C)N(C(=O)[C@@H](N)C(C)(C)C)C1. The summed E-state index contributed by atoms with van der Waals surface area (Å²) in [6.07, 6.45) is 1.47. The van der Waals surface area contributed by atoms with Gasteiger partial charge >= 0.3 is 0 Å². The number of nitrogens with zero attached hydrogens (tertiary/aromatic N) is 1. The summed E-state index contributed by atoms with van der Waals surface area (Å²) in [6, 6.07) is -3.09. The molecule has 1 rings (SSSR count). The van der Waals surface area contributed by atoms with Crippen LogP contribution >= 0.6 is 0 Å². The Kier molecular flexibility index (Phi) is 11.6. The first kappa shape index (κ1) is 30.0. The second-order valence-electron chi connectivity index (χ2n) is 11.1. The van der Waals surface area contributed by atoms with Gasteiger partial charge in [-0.25, -0.2) is 8.78 Å². The van der Waals surface area contributed by atoms with Crippen molar-refractivity contribution >= 4 is 17.7 Å². The molecule has 4 atom stereocenters. The van der Waals surface area contributed by atoms with E-state index in [1.165, 1.54) is 4.90 Å². The van der Waals surface area contributed by atoms with Gasteiger partial charge in [0.25, 0.3) is 0 Å². The standard InChI is InChI=1S/C25H44F2N4O3/c1-15(2)8-9-17-12-19(31(14-17)24(34)21(28)25(5,6)7)23(33)30-18(13-20(26)27)22(32)29-11-10-16(3)4/h8-9,15-21H,10-14,28H2,1-7H3,(H,29,32)(H,30,33)/b9-8+/t17?,18-,19-,21+/m0/s1. The van der Waals surface area contributed by atoms with Crippen molar-refractivity contribution in [3.8, 4) is 0 Å². The molecule has 9 heteroatoms. The number of nitrogens with two attached hydrogens (primary N) is 1. The van der Waals surface area contributed by atoms with E-state index >= 15 is 0 Å². The number of halogens is 2. The van der Waals surface area contributed by atoms with Crippen molar-refractivity contribution in [3.05, 3.63) is 12.2 Å². The number of carbonyl (C=O) groups is 3. The molecule has 0 aromatic heterocycles. The summed E-state index contributed by atoms with van der Waals surface area (Å²) in [7, 11) is 0. The Hall–Kier alpha value is -2.03. The summed E-state index contributed by atoms with van der Waals surface area (Å²) in [5.41, 5.74) is 5.68. The van der Waals surface area contributed by atoms with E-state index in [2.05, 4.69) is 10.6 Å². The number of allylic oxidation sites excluding steroid dienone is 1. The van der Waals surface area contributed by atoms with Crippen LogP contribution in [0.15, 0.2) is 12.2 Å². The minimum Gasteiger partial charge on any atom is -0.354 e. The molecule has 34 heavy (non-hydrogen) atoms. The van der Waals surface area contributed by atoms with E-state index < -0.39 is 48.2 Å². The Morgan fingerprint density at radius 3 is 2.26 bits per heavy atom. The largest absolute Gasteiger partial charge is 0.354 e. The molecule has 4 N–H and O–H groups in total. The number of alkyl halides is 2. The molecule has 1 saturated heterocycles. The minimum atomic E-state index is -2.77. The first-order valence-electron chi connectivity index (χ1n) is 12.2. The lowest BCUT2D eigenvalue weighted by Gasteiger charge is -2.33. The zero-order valence-corrected chi connectivity index (χ0v) is 21.7. The minimum absolute atomic E-state index is 0.0670. The Labute approximate surface area is 203 Å². The highest BCUT2D eigenvalue weighted by atomic mass is 19.3. The van der Waals surface area contributed by atoms with Gasteiger partial charge in [-0.2, -0.15) is 0 Å². The van der Waals surface area contributed by atoms with Gasteiger partial charge in [-0.1, -0.05) is 60.6 Å². The van der Waals surface area contributed by atoms with Gasteiger partial charge in [0.2, 0.25) is 24.1 Å². The van der Waals surface area contributed by atoms with Gasteiger partial charge < -0.3 is 21.3 Å². The van der Waals surface area contributed by atoms with Gasteiger partial charge in [0.05, 0.1) is 6.04 Å². The van der Waals surface area contributed by atoms with Crippen molar-refractivity contribution in [1.82, 2.24) is 15.5 Å². The molecule has 7 nitrogen and oxygen atoms in total. The van der Waals surface area contributed by atoms with E-state index in [1.807, 2.05) is 60.6 Å². The molecular formula is C25H44F2N4O3. The van der Waals surface area contributed by atoms with Crippen LogP contribution in [-0.2, 0) is 14.4 Å². The number of carbonyl (C=O) groups excluding carboxylic acids is 3. The summed E-state index contributed by atoms with van der Waals surface area (Å²) in [5, 5.41) is 5.12. The Bertz CT molecular complexity index is 719. The molecule has 0 spiro atoms. The van der Waals surface area contributed by atoms with Gasteiger partial charge in [0, 0.05) is 19.5 Å². The van der Waals surface area contributed by atoms with Crippen molar-refractivity contribution in [2.45, 2.75) is 92.3 Å². The highest BCUT2D eigenvalue weighted by molar-refractivity contribution is 5.93. The molecule has 1 heterocycles. The maximum absolute atomic E-state index is 13.2. The van der Waals surface area contributed by atoms with Crippen LogP contribution in [0.1, 0.15) is 67.7 Å². The third kappa shape index (κ3) is 9.68. The summed E-state index contributed by atoms with van der Waals surface area (Å²) >= 11 is 0. The van der Waals surface area contributed by atoms with E-state index in [1.54, 1.807) is 0 Å². The molecule has 1 fully saturated rings.